The number of aryl methyl sites for hydroxylation is 1. The highest BCUT2D eigenvalue weighted by Crippen LogP contribution is 2.18. The van der Waals surface area contributed by atoms with Crippen molar-refractivity contribution in [1.29, 1.82) is 5.26 Å². The van der Waals surface area contributed by atoms with Gasteiger partial charge in [-0.15, -0.1) is 0 Å². The second-order valence-electron chi connectivity index (χ2n) is 3.92. The Morgan fingerprint density at radius 2 is 2.25 bits per heavy atom. The van der Waals surface area contributed by atoms with E-state index in [0.29, 0.717) is 6.42 Å². The van der Waals surface area contributed by atoms with E-state index in [2.05, 4.69) is 11.4 Å². The lowest BCUT2D eigenvalue weighted by molar-refractivity contribution is 0.272. The van der Waals surface area contributed by atoms with E-state index in [1.165, 1.54) is 0 Å². The van der Waals surface area contributed by atoms with Crippen molar-refractivity contribution in [3.63, 3.8) is 0 Å². The fourth-order valence-electron chi connectivity index (χ4n) is 1.59. The van der Waals surface area contributed by atoms with Gasteiger partial charge < -0.3 is 10.4 Å². The van der Waals surface area contributed by atoms with E-state index in [1.54, 1.807) is 0 Å². The Kier molecular flexibility index (Phi) is 4.81. The quantitative estimate of drug-likeness (QED) is 0.797. The van der Waals surface area contributed by atoms with E-state index < -0.39 is 0 Å². The third kappa shape index (κ3) is 3.25. The number of nitrogens with one attached hydrogen (secondary N) is 1. The molecule has 0 radical (unpaired) electrons. The maximum Gasteiger partial charge on any atom is 0.0669 e. The topological polar surface area (TPSA) is 56.0 Å². The Hall–Kier alpha value is -1.53. The number of hydrogen-bond acceptors (Lipinski definition) is 3. The van der Waals surface area contributed by atoms with Gasteiger partial charge in [-0.2, -0.15) is 5.26 Å². The minimum atomic E-state index is 0.0977. The summed E-state index contributed by atoms with van der Waals surface area (Å²) in [5.41, 5.74) is 3.17. The number of anilines is 1. The molecule has 1 rings (SSSR count). The van der Waals surface area contributed by atoms with Crippen LogP contribution in [-0.4, -0.2) is 17.8 Å². The molecule has 1 atom stereocenters. The molecule has 0 bridgehead atoms. The zero-order valence-corrected chi connectivity index (χ0v) is 9.83. The fourth-order valence-corrected chi connectivity index (χ4v) is 1.59. The molecule has 0 saturated carbocycles. The first-order valence-corrected chi connectivity index (χ1v) is 5.55. The van der Waals surface area contributed by atoms with Crippen LogP contribution in [0, 0.1) is 18.3 Å². The maximum absolute atomic E-state index is 9.11. The average Bonchev–Trinajstić information content (AvgIpc) is 2.29. The number of benzene rings is 1. The van der Waals surface area contributed by atoms with Crippen molar-refractivity contribution in [2.24, 2.45) is 0 Å². The van der Waals surface area contributed by atoms with Gasteiger partial charge in [0, 0.05) is 11.7 Å². The normalized spacial score (nSPS) is 11.9. The highest BCUT2D eigenvalue weighted by molar-refractivity contribution is 5.53. The van der Waals surface area contributed by atoms with Gasteiger partial charge >= 0.3 is 0 Å². The molecular formula is C13H18N2O. The zero-order valence-electron chi connectivity index (χ0n) is 9.83. The standard InChI is InChI=1S/C13H18N2O/c1-3-12(9-16)15-13-5-4-11(6-7-14)8-10(13)2/h4-5,8,12,15-16H,3,6,9H2,1-2H3. The first-order chi connectivity index (χ1) is 7.71. The second-order valence-corrected chi connectivity index (χ2v) is 3.92. The lowest BCUT2D eigenvalue weighted by Crippen LogP contribution is -2.23. The number of nitrogens with zero attached hydrogens (tertiary/aromatic N) is 1. The maximum atomic E-state index is 9.11. The smallest absolute Gasteiger partial charge is 0.0669 e. The van der Waals surface area contributed by atoms with Gasteiger partial charge in [-0.3, -0.25) is 0 Å². The number of rotatable bonds is 5. The van der Waals surface area contributed by atoms with E-state index >= 15 is 0 Å². The summed E-state index contributed by atoms with van der Waals surface area (Å²) in [7, 11) is 0. The van der Waals surface area contributed by atoms with Gasteiger partial charge in [0.25, 0.3) is 0 Å². The average molecular weight is 218 g/mol. The SMILES string of the molecule is CCC(CO)Nc1ccc(CC#N)cc1C. The summed E-state index contributed by atoms with van der Waals surface area (Å²) >= 11 is 0. The minimum absolute atomic E-state index is 0.0977. The van der Waals surface area contributed by atoms with Gasteiger partial charge in [0.2, 0.25) is 0 Å². The molecular weight excluding hydrogens is 200 g/mol. The molecule has 1 unspecified atom stereocenters. The number of hydrogen-bond donors (Lipinski definition) is 2. The molecule has 2 N–H and O–H groups in total. The van der Waals surface area contributed by atoms with E-state index in [-0.39, 0.29) is 12.6 Å². The Balaban J connectivity index is 2.79. The molecule has 16 heavy (non-hydrogen) atoms. The van der Waals surface area contributed by atoms with Crippen LogP contribution < -0.4 is 5.32 Å². The summed E-state index contributed by atoms with van der Waals surface area (Å²) in [5.74, 6) is 0. The van der Waals surface area contributed by atoms with Crippen molar-refractivity contribution in [2.75, 3.05) is 11.9 Å². The first-order valence-electron chi connectivity index (χ1n) is 5.55. The number of aliphatic hydroxyl groups is 1. The van der Waals surface area contributed by atoms with Crippen molar-refractivity contribution >= 4 is 5.69 Å². The van der Waals surface area contributed by atoms with Crippen LogP contribution >= 0.6 is 0 Å². The molecule has 1 aromatic carbocycles. The van der Waals surface area contributed by atoms with Crippen molar-refractivity contribution in [3.8, 4) is 6.07 Å². The lowest BCUT2D eigenvalue weighted by Gasteiger charge is -2.17. The molecule has 1 aromatic rings. The molecule has 0 aliphatic carbocycles. The van der Waals surface area contributed by atoms with Gasteiger partial charge in [-0.1, -0.05) is 19.1 Å². The Labute approximate surface area is 96.7 Å². The molecule has 0 heterocycles. The van der Waals surface area contributed by atoms with Gasteiger partial charge in [-0.25, -0.2) is 0 Å². The molecule has 86 valence electrons. The van der Waals surface area contributed by atoms with Crippen LogP contribution in [0.5, 0.6) is 0 Å². The van der Waals surface area contributed by atoms with Crippen LogP contribution in [0.1, 0.15) is 24.5 Å². The molecule has 0 spiro atoms. The summed E-state index contributed by atoms with van der Waals surface area (Å²) < 4.78 is 0. The van der Waals surface area contributed by atoms with E-state index in [1.807, 2.05) is 32.0 Å². The van der Waals surface area contributed by atoms with Gasteiger partial charge in [0.15, 0.2) is 0 Å². The van der Waals surface area contributed by atoms with Gasteiger partial charge in [0.1, 0.15) is 0 Å². The zero-order chi connectivity index (χ0) is 12.0. The second kappa shape index (κ2) is 6.14. The summed E-state index contributed by atoms with van der Waals surface area (Å²) in [5, 5.41) is 21.0. The molecule has 0 saturated heterocycles. The molecule has 0 aliphatic rings. The van der Waals surface area contributed by atoms with E-state index in [0.717, 1.165) is 23.2 Å². The fraction of sp³-hybridized carbons (Fsp3) is 0.462. The van der Waals surface area contributed by atoms with Crippen LogP contribution in [0.2, 0.25) is 0 Å². The summed E-state index contributed by atoms with van der Waals surface area (Å²) in [4.78, 5) is 0. The molecule has 0 aliphatic heterocycles. The van der Waals surface area contributed by atoms with Crippen LogP contribution in [-0.2, 0) is 6.42 Å². The van der Waals surface area contributed by atoms with Crippen LogP contribution in [0.3, 0.4) is 0 Å². The monoisotopic (exact) mass is 218 g/mol. The molecule has 0 amide bonds. The summed E-state index contributed by atoms with van der Waals surface area (Å²) in [6, 6.07) is 8.16. The molecule has 3 heteroatoms. The Morgan fingerprint density at radius 1 is 1.50 bits per heavy atom. The molecule has 0 fully saturated rings. The Morgan fingerprint density at radius 3 is 2.75 bits per heavy atom. The lowest BCUT2D eigenvalue weighted by atomic mass is 10.1. The summed E-state index contributed by atoms with van der Waals surface area (Å²) in [6.45, 7) is 4.18. The highest BCUT2D eigenvalue weighted by Gasteiger charge is 2.06. The van der Waals surface area contributed by atoms with Crippen LogP contribution in [0.25, 0.3) is 0 Å². The number of aliphatic hydroxyl groups excluding tert-OH is 1. The van der Waals surface area contributed by atoms with Crippen molar-refractivity contribution in [3.05, 3.63) is 29.3 Å². The van der Waals surface area contributed by atoms with Crippen molar-refractivity contribution in [1.82, 2.24) is 0 Å². The highest BCUT2D eigenvalue weighted by atomic mass is 16.3. The first kappa shape index (κ1) is 12.5. The predicted octanol–water partition coefficient (Wildman–Crippen LogP) is 2.24. The van der Waals surface area contributed by atoms with E-state index in [4.69, 9.17) is 10.4 Å². The predicted molar refractivity (Wildman–Crippen MR) is 65.3 cm³/mol. The molecule has 3 nitrogen and oxygen atoms in total. The minimum Gasteiger partial charge on any atom is -0.394 e. The van der Waals surface area contributed by atoms with E-state index in [9.17, 15) is 0 Å². The third-order valence-corrected chi connectivity index (χ3v) is 2.65. The van der Waals surface area contributed by atoms with Crippen LogP contribution in [0.4, 0.5) is 5.69 Å². The largest absolute Gasteiger partial charge is 0.394 e. The van der Waals surface area contributed by atoms with Crippen molar-refractivity contribution in [2.45, 2.75) is 32.7 Å². The number of nitriles is 1. The van der Waals surface area contributed by atoms with Gasteiger partial charge in [0.05, 0.1) is 19.1 Å². The Bertz CT molecular complexity index is 378. The van der Waals surface area contributed by atoms with Crippen LogP contribution in [0.15, 0.2) is 18.2 Å². The molecule has 0 aromatic heterocycles. The van der Waals surface area contributed by atoms with Crippen molar-refractivity contribution < 1.29 is 5.11 Å². The van der Waals surface area contributed by atoms with Gasteiger partial charge in [-0.05, 0) is 30.5 Å². The summed E-state index contributed by atoms with van der Waals surface area (Å²) in [6.07, 6.45) is 1.33. The third-order valence-electron chi connectivity index (χ3n) is 2.65.